The van der Waals surface area contributed by atoms with E-state index in [-0.39, 0.29) is 11.3 Å². The van der Waals surface area contributed by atoms with Crippen LogP contribution >= 0.6 is 0 Å². The molecule has 0 aromatic heterocycles. The molecular formula is C29H25NO5. The number of rotatable bonds is 7. The van der Waals surface area contributed by atoms with Crippen molar-refractivity contribution in [2.45, 2.75) is 6.61 Å². The zero-order valence-electron chi connectivity index (χ0n) is 19.5. The van der Waals surface area contributed by atoms with Gasteiger partial charge in [-0.1, -0.05) is 60.7 Å². The van der Waals surface area contributed by atoms with Crippen molar-refractivity contribution in [3.8, 4) is 16.9 Å². The average molecular weight is 468 g/mol. The molecular weight excluding hydrogens is 442 g/mol. The van der Waals surface area contributed by atoms with Gasteiger partial charge in [0.2, 0.25) is 0 Å². The summed E-state index contributed by atoms with van der Waals surface area (Å²) in [4.78, 5) is 26.5. The van der Waals surface area contributed by atoms with E-state index in [9.17, 15) is 9.59 Å². The standard InChI is InChI=1S/C29H25NO5/c1-33-28(31)26-10-6-7-19-30(27(26)29(32)34-2)24-15-11-22(12-16-24)23-13-17-25(18-14-23)35-20-21-8-4-3-5-9-21/h3-19H,20H2,1-2H3. The number of allylic oxidation sites excluding steroid dienone is 2. The number of carbonyl (C=O) groups is 2. The largest absolute Gasteiger partial charge is 0.489 e. The molecule has 3 aromatic carbocycles. The van der Waals surface area contributed by atoms with Crippen LogP contribution in [0.15, 0.2) is 115 Å². The number of hydrogen-bond donors (Lipinski definition) is 0. The minimum Gasteiger partial charge on any atom is -0.489 e. The van der Waals surface area contributed by atoms with Gasteiger partial charge in [0.05, 0.1) is 19.8 Å². The van der Waals surface area contributed by atoms with Crippen LogP contribution in [-0.4, -0.2) is 26.2 Å². The van der Waals surface area contributed by atoms with Crippen LogP contribution < -0.4 is 9.64 Å². The van der Waals surface area contributed by atoms with Gasteiger partial charge in [0.15, 0.2) is 0 Å². The maximum Gasteiger partial charge on any atom is 0.355 e. The third-order valence-electron chi connectivity index (χ3n) is 5.47. The van der Waals surface area contributed by atoms with E-state index in [1.54, 1.807) is 23.3 Å². The van der Waals surface area contributed by atoms with Gasteiger partial charge in [0, 0.05) is 11.9 Å². The van der Waals surface area contributed by atoms with Crippen LogP contribution in [0.5, 0.6) is 5.75 Å². The predicted molar refractivity (Wildman–Crippen MR) is 134 cm³/mol. The molecule has 0 radical (unpaired) electrons. The molecule has 0 unspecified atom stereocenters. The molecule has 0 amide bonds. The van der Waals surface area contributed by atoms with Crippen LogP contribution in [0.4, 0.5) is 5.69 Å². The molecule has 1 heterocycles. The Labute approximate surface area is 204 Å². The van der Waals surface area contributed by atoms with E-state index in [4.69, 9.17) is 14.2 Å². The predicted octanol–water partition coefficient (Wildman–Crippen LogP) is 5.42. The summed E-state index contributed by atoms with van der Waals surface area (Å²) in [5.41, 5.74) is 4.02. The second-order valence-corrected chi connectivity index (χ2v) is 7.66. The summed E-state index contributed by atoms with van der Waals surface area (Å²) in [7, 11) is 2.55. The third-order valence-corrected chi connectivity index (χ3v) is 5.47. The molecule has 0 fully saturated rings. The molecule has 0 atom stereocenters. The van der Waals surface area contributed by atoms with Crippen LogP contribution in [0.2, 0.25) is 0 Å². The molecule has 1 aliphatic heterocycles. The minimum absolute atomic E-state index is 0.0806. The van der Waals surface area contributed by atoms with Crippen LogP contribution in [0.25, 0.3) is 11.1 Å². The molecule has 0 saturated heterocycles. The van der Waals surface area contributed by atoms with E-state index < -0.39 is 11.9 Å². The van der Waals surface area contributed by atoms with Gasteiger partial charge in [-0.15, -0.1) is 0 Å². The lowest BCUT2D eigenvalue weighted by Crippen LogP contribution is -2.26. The fourth-order valence-electron chi connectivity index (χ4n) is 3.66. The molecule has 0 saturated carbocycles. The first-order valence-corrected chi connectivity index (χ1v) is 11.0. The highest BCUT2D eigenvalue weighted by Crippen LogP contribution is 2.29. The molecule has 0 spiro atoms. The molecule has 6 heteroatoms. The molecule has 3 aromatic rings. The molecule has 176 valence electrons. The fraction of sp³-hybridized carbons (Fsp3) is 0.103. The number of ether oxygens (including phenoxy) is 3. The molecule has 35 heavy (non-hydrogen) atoms. The van der Waals surface area contributed by atoms with Crippen LogP contribution in [0.3, 0.4) is 0 Å². The van der Waals surface area contributed by atoms with E-state index in [2.05, 4.69) is 0 Å². The van der Waals surface area contributed by atoms with Crippen molar-refractivity contribution in [3.05, 3.63) is 120 Å². The Bertz CT molecular complexity index is 1270. The Morgan fingerprint density at radius 2 is 1.37 bits per heavy atom. The number of carbonyl (C=O) groups excluding carboxylic acids is 2. The highest BCUT2D eigenvalue weighted by atomic mass is 16.5. The van der Waals surface area contributed by atoms with Gasteiger partial charge in [-0.05, 0) is 53.1 Å². The van der Waals surface area contributed by atoms with Crippen LogP contribution in [0, 0.1) is 0 Å². The second-order valence-electron chi connectivity index (χ2n) is 7.66. The third kappa shape index (κ3) is 5.50. The lowest BCUT2D eigenvalue weighted by atomic mass is 10.0. The first kappa shape index (κ1) is 23.6. The number of methoxy groups -OCH3 is 2. The van der Waals surface area contributed by atoms with E-state index in [1.807, 2.05) is 78.9 Å². The first-order chi connectivity index (χ1) is 17.1. The van der Waals surface area contributed by atoms with Crippen molar-refractivity contribution in [1.82, 2.24) is 0 Å². The molecule has 0 N–H and O–H groups in total. The van der Waals surface area contributed by atoms with Gasteiger partial charge in [0.1, 0.15) is 18.1 Å². The quantitative estimate of drug-likeness (QED) is 0.432. The van der Waals surface area contributed by atoms with E-state index in [0.717, 1.165) is 22.4 Å². The Kier molecular flexibility index (Phi) is 7.43. The Hall–Kier alpha value is -4.58. The summed E-state index contributed by atoms with van der Waals surface area (Å²) >= 11 is 0. The Morgan fingerprint density at radius 1 is 0.743 bits per heavy atom. The number of nitrogens with zero attached hydrogens (tertiary/aromatic N) is 1. The van der Waals surface area contributed by atoms with Crippen molar-refractivity contribution in [1.29, 1.82) is 0 Å². The van der Waals surface area contributed by atoms with Crippen molar-refractivity contribution in [3.63, 3.8) is 0 Å². The molecule has 6 nitrogen and oxygen atoms in total. The topological polar surface area (TPSA) is 65.1 Å². The monoisotopic (exact) mass is 467 g/mol. The molecule has 1 aliphatic rings. The highest BCUT2D eigenvalue weighted by molar-refractivity contribution is 6.05. The minimum atomic E-state index is -0.642. The van der Waals surface area contributed by atoms with Gasteiger partial charge in [0.25, 0.3) is 0 Å². The van der Waals surface area contributed by atoms with Crippen molar-refractivity contribution in [2.24, 2.45) is 0 Å². The summed E-state index contributed by atoms with van der Waals surface area (Å²) < 4.78 is 15.7. The summed E-state index contributed by atoms with van der Waals surface area (Å²) in [6, 6.07) is 25.6. The Morgan fingerprint density at radius 3 is 2.00 bits per heavy atom. The van der Waals surface area contributed by atoms with Gasteiger partial charge in [-0.25, -0.2) is 9.59 Å². The van der Waals surface area contributed by atoms with E-state index >= 15 is 0 Å². The zero-order valence-corrected chi connectivity index (χ0v) is 19.5. The Balaban J connectivity index is 1.54. The van der Waals surface area contributed by atoms with Crippen molar-refractivity contribution < 1.29 is 23.8 Å². The number of benzene rings is 3. The normalized spacial score (nSPS) is 12.8. The van der Waals surface area contributed by atoms with Crippen molar-refractivity contribution >= 4 is 17.6 Å². The fourth-order valence-corrected chi connectivity index (χ4v) is 3.66. The molecule has 0 bridgehead atoms. The summed E-state index contributed by atoms with van der Waals surface area (Å²) in [5.74, 6) is -0.474. The van der Waals surface area contributed by atoms with Gasteiger partial charge in [-0.3, -0.25) is 0 Å². The lowest BCUT2D eigenvalue weighted by molar-refractivity contribution is -0.139. The summed E-state index contributed by atoms with van der Waals surface area (Å²) in [6.07, 6.45) is 6.64. The highest BCUT2D eigenvalue weighted by Gasteiger charge is 2.27. The van der Waals surface area contributed by atoms with Gasteiger partial charge in [-0.2, -0.15) is 0 Å². The van der Waals surface area contributed by atoms with E-state index in [1.165, 1.54) is 20.3 Å². The SMILES string of the molecule is COC(=O)C1=C(C(=O)OC)N(c2ccc(-c3ccc(OCc4ccccc4)cc3)cc2)C=CC=C1. The average Bonchev–Trinajstić information content (AvgIpc) is 3.15. The summed E-state index contributed by atoms with van der Waals surface area (Å²) in [6.45, 7) is 0.511. The maximum atomic E-state index is 12.6. The number of anilines is 1. The molecule has 0 aliphatic carbocycles. The second kappa shape index (κ2) is 11.0. The van der Waals surface area contributed by atoms with E-state index in [0.29, 0.717) is 12.3 Å². The molecule has 4 rings (SSSR count). The van der Waals surface area contributed by atoms with Crippen molar-refractivity contribution in [2.75, 3.05) is 19.1 Å². The number of hydrogen-bond acceptors (Lipinski definition) is 6. The van der Waals surface area contributed by atoms with Gasteiger partial charge >= 0.3 is 11.9 Å². The maximum absolute atomic E-state index is 12.6. The summed E-state index contributed by atoms with van der Waals surface area (Å²) in [5, 5.41) is 0. The van der Waals surface area contributed by atoms with Crippen LogP contribution in [0.1, 0.15) is 5.56 Å². The zero-order chi connectivity index (χ0) is 24.6. The lowest BCUT2D eigenvalue weighted by Gasteiger charge is -2.23. The first-order valence-electron chi connectivity index (χ1n) is 11.0. The van der Waals surface area contributed by atoms with Gasteiger partial charge < -0.3 is 19.1 Å². The smallest absolute Gasteiger partial charge is 0.355 e. The number of esters is 2. The van der Waals surface area contributed by atoms with Crippen LogP contribution in [-0.2, 0) is 25.7 Å².